The van der Waals surface area contributed by atoms with Crippen LogP contribution in [0.4, 0.5) is 5.69 Å². The molecule has 0 radical (unpaired) electrons. The molecule has 136 valence electrons. The van der Waals surface area contributed by atoms with Crippen molar-refractivity contribution in [3.63, 3.8) is 0 Å². The van der Waals surface area contributed by atoms with Crippen LogP contribution >= 0.6 is 0 Å². The van der Waals surface area contributed by atoms with E-state index in [0.29, 0.717) is 30.3 Å². The summed E-state index contributed by atoms with van der Waals surface area (Å²) in [5.41, 5.74) is 1.65. The third kappa shape index (κ3) is 3.79. The molecule has 1 N–H and O–H groups in total. The summed E-state index contributed by atoms with van der Waals surface area (Å²) in [4.78, 5) is 26.5. The first kappa shape index (κ1) is 17.8. The van der Waals surface area contributed by atoms with Gasteiger partial charge in [-0.3, -0.25) is 9.59 Å². The molecule has 2 aromatic rings. The van der Waals surface area contributed by atoms with Crippen molar-refractivity contribution >= 4 is 17.5 Å². The van der Waals surface area contributed by atoms with Crippen molar-refractivity contribution in [1.82, 2.24) is 5.32 Å². The predicted octanol–water partition coefficient (Wildman–Crippen LogP) is 2.37. The van der Waals surface area contributed by atoms with Crippen LogP contribution in [-0.4, -0.2) is 32.6 Å². The first-order valence-electron chi connectivity index (χ1n) is 8.46. The summed E-state index contributed by atoms with van der Waals surface area (Å²) in [6.45, 7) is 0.774. The first-order chi connectivity index (χ1) is 12.6. The van der Waals surface area contributed by atoms with Crippen molar-refractivity contribution in [2.45, 2.75) is 13.0 Å². The highest BCUT2D eigenvalue weighted by molar-refractivity contribution is 6.01. The van der Waals surface area contributed by atoms with E-state index in [-0.39, 0.29) is 24.2 Å². The Morgan fingerprint density at radius 3 is 2.62 bits per heavy atom. The lowest BCUT2D eigenvalue weighted by Gasteiger charge is -2.20. The quantitative estimate of drug-likeness (QED) is 0.865. The Morgan fingerprint density at radius 1 is 1.15 bits per heavy atom. The molecule has 6 nitrogen and oxygen atoms in total. The van der Waals surface area contributed by atoms with E-state index in [1.54, 1.807) is 37.3 Å². The molecule has 0 saturated carbocycles. The highest BCUT2D eigenvalue weighted by atomic mass is 16.5. The second-order valence-corrected chi connectivity index (χ2v) is 6.15. The minimum atomic E-state index is -0.387. The summed E-state index contributed by atoms with van der Waals surface area (Å²) in [7, 11) is 3.12. The maximum absolute atomic E-state index is 12.5. The van der Waals surface area contributed by atoms with Gasteiger partial charge in [0.05, 0.1) is 25.8 Å². The van der Waals surface area contributed by atoms with Crippen molar-refractivity contribution in [3.05, 3.63) is 54.1 Å². The van der Waals surface area contributed by atoms with Crippen molar-refractivity contribution in [3.8, 4) is 11.5 Å². The Balaban J connectivity index is 1.69. The fourth-order valence-corrected chi connectivity index (χ4v) is 3.05. The number of nitrogens with zero attached hydrogens (tertiary/aromatic N) is 1. The second kappa shape index (κ2) is 7.91. The summed E-state index contributed by atoms with van der Waals surface area (Å²) >= 11 is 0. The fourth-order valence-electron chi connectivity index (χ4n) is 3.05. The van der Waals surface area contributed by atoms with Crippen LogP contribution in [0.5, 0.6) is 11.5 Å². The zero-order chi connectivity index (χ0) is 18.5. The predicted molar refractivity (Wildman–Crippen MR) is 98.3 cm³/mol. The minimum absolute atomic E-state index is 0.101. The number of anilines is 1. The smallest absolute Gasteiger partial charge is 0.227 e. The minimum Gasteiger partial charge on any atom is -0.497 e. The van der Waals surface area contributed by atoms with Gasteiger partial charge in [-0.1, -0.05) is 30.3 Å². The third-order valence-electron chi connectivity index (χ3n) is 4.48. The van der Waals surface area contributed by atoms with E-state index < -0.39 is 0 Å². The average Bonchev–Trinajstić information content (AvgIpc) is 3.08. The zero-order valence-corrected chi connectivity index (χ0v) is 14.9. The van der Waals surface area contributed by atoms with Gasteiger partial charge in [-0.05, 0) is 17.7 Å². The van der Waals surface area contributed by atoms with Gasteiger partial charge in [-0.15, -0.1) is 0 Å². The summed E-state index contributed by atoms with van der Waals surface area (Å²) in [6.07, 6.45) is 0.182. The number of benzene rings is 2. The fraction of sp³-hybridized carbons (Fsp3) is 0.300. The monoisotopic (exact) mass is 354 g/mol. The van der Waals surface area contributed by atoms with E-state index in [9.17, 15) is 9.59 Å². The molecule has 1 aliphatic rings. The van der Waals surface area contributed by atoms with Crippen molar-refractivity contribution in [2.75, 3.05) is 25.7 Å². The summed E-state index contributed by atoms with van der Waals surface area (Å²) in [5, 5.41) is 2.91. The zero-order valence-electron chi connectivity index (χ0n) is 14.9. The number of nitrogens with one attached hydrogen (secondary N) is 1. The molecule has 0 bridgehead atoms. The molecule has 1 heterocycles. The summed E-state index contributed by atoms with van der Waals surface area (Å²) < 4.78 is 10.6. The summed E-state index contributed by atoms with van der Waals surface area (Å²) in [6, 6.07) is 15.0. The topological polar surface area (TPSA) is 67.9 Å². The van der Waals surface area contributed by atoms with Crippen LogP contribution in [0.15, 0.2) is 48.5 Å². The lowest BCUT2D eigenvalue weighted by atomic mass is 10.1. The molecule has 1 atom stereocenters. The van der Waals surface area contributed by atoms with Crippen LogP contribution in [0, 0.1) is 5.92 Å². The van der Waals surface area contributed by atoms with Gasteiger partial charge in [0.1, 0.15) is 11.5 Å². The number of amides is 2. The number of carbonyl (C=O) groups is 2. The van der Waals surface area contributed by atoms with Crippen LogP contribution in [0.25, 0.3) is 0 Å². The van der Waals surface area contributed by atoms with E-state index in [2.05, 4.69) is 5.32 Å². The SMILES string of the molecule is COc1ccc(OC)c(N2C[C@H](C(=O)NCc3ccccc3)CC2=O)c1. The van der Waals surface area contributed by atoms with Gasteiger partial charge < -0.3 is 19.7 Å². The molecule has 0 aromatic heterocycles. The Labute approximate surface area is 152 Å². The van der Waals surface area contributed by atoms with Crippen molar-refractivity contribution < 1.29 is 19.1 Å². The van der Waals surface area contributed by atoms with E-state index in [1.807, 2.05) is 30.3 Å². The number of hydrogen-bond acceptors (Lipinski definition) is 4. The van der Waals surface area contributed by atoms with Crippen LogP contribution in [-0.2, 0) is 16.1 Å². The largest absolute Gasteiger partial charge is 0.497 e. The van der Waals surface area contributed by atoms with Gasteiger partial charge in [0.25, 0.3) is 0 Å². The van der Waals surface area contributed by atoms with Crippen molar-refractivity contribution in [1.29, 1.82) is 0 Å². The standard InChI is InChI=1S/C20H22N2O4/c1-25-16-8-9-18(26-2)17(11-16)22-13-15(10-19(22)23)20(24)21-12-14-6-4-3-5-7-14/h3-9,11,15H,10,12-13H2,1-2H3,(H,21,24)/t15-/m1/s1. The maximum atomic E-state index is 12.5. The highest BCUT2D eigenvalue weighted by Gasteiger charge is 2.36. The van der Waals surface area contributed by atoms with Gasteiger partial charge in [-0.25, -0.2) is 0 Å². The van der Waals surface area contributed by atoms with Crippen molar-refractivity contribution in [2.24, 2.45) is 5.92 Å². The molecule has 1 aliphatic heterocycles. The van der Waals surface area contributed by atoms with Gasteiger partial charge >= 0.3 is 0 Å². The number of hydrogen-bond donors (Lipinski definition) is 1. The maximum Gasteiger partial charge on any atom is 0.227 e. The molecular formula is C20H22N2O4. The Kier molecular flexibility index (Phi) is 5.41. The average molecular weight is 354 g/mol. The van der Waals surface area contributed by atoms with Gasteiger partial charge in [0.2, 0.25) is 11.8 Å². The van der Waals surface area contributed by atoms with Crippen LogP contribution in [0.3, 0.4) is 0 Å². The molecule has 26 heavy (non-hydrogen) atoms. The molecule has 0 spiro atoms. The molecule has 6 heteroatoms. The molecule has 0 aliphatic carbocycles. The number of rotatable bonds is 6. The van der Waals surface area contributed by atoms with Gasteiger partial charge in [0, 0.05) is 25.6 Å². The van der Waals surface area contributed by atoms with Crippen LogP contribution < -0.4 is 19.7 Å². The Morgan fingerprint density at radius 2 is 1.92 bits per heavy atom. The van der Waals surface area contributed by atoms with Gasteiger partial charge in [-0.2, -0.15) is 0 Å². The molecule has 2 aromatic carbocycles. The molecule has 1 saturated heterocycles. The second-order valence-electron chi connectivity index (χ2n) is 6.15. The Hall–Kier alpha value is -3.02. The van der Waals surface area contributed by atoms with E-state index in [1.165, 1.54) is 0 Å². The lowest BCUT2D eigenvalue weighted by molar-refractivity contribution is -0.126. The molecular weight excluding hydrogens is 332 g/mol. The molecule has 0 unspecified atom stereocenters. The molecule has 2 amide bonds. The lowest BCUT2D eigenvalue weighted by Crippen LogP contribution is -2.32. The van der Waals surface area contributed by atoms with Crippen LogP contribution in [0.2, 0.25) is 0 Å². The molecule has 1 fully saturated rings. The highest BCUT2D eigenvalue weighted by Crippen LogP contribution is 2.36. The van der Waals surface area contributed by atoms with E-state index in [0.717, 1.165) is 5.56 Å². The number of carbonyl (C=O) groups excluding carboxylic acids is 2. The molecule has 3 rings (SSSR count). The third-order valence-corrected chi connectivity index (χ3v) is 4.48. The van der Waals surface area contributed by atoms with E-state index in [4.69, 9.17) is 9.47 Å². The van der Waals surface area contributed by atoms with E-state index >= 15 is 0 Å². The van der Waals surface area contributed by atoms with Gasteiger partial charge in [0.15, 0.2) is 0 Å². The normalized spacial score (nSPS) is 16.5. The Bertz CT molecular complexity index is 792. The summed E-state index contributed by atoms with van der Waals surface area (Å²) in [5.74, 6) is 0.597. The first-order valence-corrected chi connectivity index (χ1v) is 8.46. The van der Waals surface area contributed by atoms with Crippen LogP contribution in [0.1, 0.15) is 12.0 Å². The number of methoxy groups -OCH3 is 2. The number of ether oxygens (including phenoxy) is 2.